The molecule has 7 heavy (non-hydrogen) atoms. The molecule has 0 saturated heterocycles. The molecule has 0 spiro atoms. The zero-order valence-corrected chi connectivity index (χ0v) is 5.23. The minimum absolute atomic E-state index is 0.130. The van der Waals surface area contributed by atoms with Gasteiger partial charge < -0.3 is 5.73 Å². The van der Waals surface area contributed by atoms with Crippen molar-refractivity contribution >= 4 is 0 Å². The summed E-state index contributed by atoms with van der Waals surface area (Å²) in [4.78, 5) is 0. The molecule has 1 nitrogen and oxygen atoms in total. The van der Waals surface area contributed by atoms with E-state index in [0.717, 1.165) is 0 Å². The maximum atomic E-state index is 5.56. The first-order valence-electron chi connectivity index (χ1n) is 2.49. The van der Waals surface area contributed by atoms with Crippen LogP contribution in [0.1, 0.15) is 20.8 Å². The van der Waals surface area contributed by atoms with Crippen molar-refractivity contribution in [2.45, 2.75) is 26.3 Å². The Bertz CT molecular complexity index is 66.7. The molecule has 0 atom stereocenters. The molecule has 0 aromatic heterocycles. The third-order valence-corrected chi connectivity index (χ3v) is 0.596. The maximum absolute atomic E-state index is 5.56. The average Bonchev–Trinajstić information content (AvgIpc) is 1.30. The van der Waals surface area contributed by atoms with Crippen LogP contribution >= 0.6 is 0 Å². The van der Waals surface area contributed by atoms with Gasteiger partial charge in [0.15, 0.2) is 0 Å². The molecule has 0 saturated carbocycles. The molecule has 0 unspecified atom stereocenters. The van der Waals surface area contributed by atoms with E-state index in [1.165, 1.54) is 0 Å². The molecule has 0 aliphatic carbocycles. The molecule has 42 valence electrons. The van der Waals surface area contributed by atoms with Crippen molar-refractivity contribution in [3.63, 3.8) is 0 Å². The van der Waals surface area contributed by atoms with Crippen molar-refractivity contribution in [2.75, 3.05) is 0 Å². The van der Waals surface area contributed by atoms with E-state index < -0.39 is 0 Å². The second kappa shape index (κ2) is 2.12. The van der Waals surface area contributed by atoms with Gasteiger partial charge in [0.05, 0.1) is 0 Å². The van der Waals surface area contributed by atoms with E-state index in [4.69, 9.17) is 5.73 Å². The summed E-state index contributed by atoms with van der Waals surface area (Å²) in [6.07, 6.45) is 3.92. The van der Waals surface area contributed by atoms with E-state index >= 15 is 0 Å². The number of hydrogen-bond acceptors (Lipinski definition) is 1. The number of allylic oxidation sites excluding steroid dienone is 1. The van der Waals surface area contributed by atoms with Crippen LogP contribution in [-0.2, 0) is 0 Å². The molecular formula is C6H13N. The quantitative estimate of drug-likeness (QED) is 0.493. The standard InChI is InChI=1S/C6H13N/c1-4-5-6(2,3)7/h4-5H,7H2,1-3H3/b5-4+. The SMILES string of the molecule is C/C=C/C(C)(C)N. The van der Waals surface area contributed by atoms with Crippen LogP contribution in [0, 0.1) is 0 Å². The van der Waals surface area contributed by atoms with Gasteiger partial charge in [0.25, 0.3) is 0 Å². The molecular weight excluding hydrogens is 86.1 g/mol. The maximum Gasteiger partial charge on any atom is 0.0281 e. The van der Waals surface area contributed by atoms with Crippen LogP contribution in [-0.4, -0.2) is 5.54 Å². The summed E-state index contributed by atoms with van der Waals surface area (Å²) in [5.74, 6) is 0. The van der Waals surface area contributed by atoms with Crippen molar-refractivity contribution in [3.05, 3.63) is 12.2 Å². The second-order valence-corrected chi connectivity index (χ2v) is 2.32. The molecule has 0 heterocycles. The number of hydrogen-bond donors (Lipinski definition) is 1. The molecule has 0 radical (unpaired) electrons. The molecule has 0 aliphatic heterocycles. The Labute approximate surface area is 45.2 Å². The van der Waals surface area contributed by atoms with Gasteiger partial charge >= 0.3 is 0 Å². The van der Waals surface area contributed by atoms with E-state index in [-0.39, 0.29) is 5.54 Å². The molecule has 0 bridgehead atoms. The van der Waals surface area contributed by atoms with E-state index in [9.17, 15) is 0 Å². The fourth-order valence-electron chi connectivity index (χ4n) is 0.430. The summed E-state index contributed by atoms with van der Waals surface area (Å²) < 4.78 is 0. The Kier molecular flexibility index (Phi) is 2.03. The highest BCUT2D eigenvalue weighted by atomic mass is 14.7. The van der Waals surface area contributed by atoms with E-state index in [1.807, 2.05) is 32.9 Å². The lowest BCUT2D eigenvalue weighted by Gasteiger charge is -2.10. The predicted octanol–water partition coefficient (Wildman–Crippen LogP) is 1.30. The smallest absolute Gasteiger partial charge is 0.0281 e. The van der Waals surface area contributed by atoms with Gasteiger partial charge in [0, 0.05) is 5.54 Å². The molecule has 0 rings (SSSR count). The summed E-state index contributed by atoms with van der Waals surface area (Å²) in [5, 5.41) is 0. The van der Waals surface area contributed by atoms with Crippen LogP contribution in [0.25, 0.3) is 0 Å². The first-order chi connectivity index (χ1) is 3.06. The van der Waals surface area contributed by atoms with E-state index in [1.54, 1.807) is 0 Å². The van der Waals surface area contributed by atoms with Gasteiger partial charge in [-0.2, -0.15) is 0 Å². The fraction of sp³-hybridized carbons (Fsp3) is 0.667. The highest BCUT2D eigenvalue weighted by molar-refractivity contribution is 4.96. The highest BCUT2D eigenvalue weighted by Crippen LogP contribution is 1.96. The van der Waals surface area contributed by atoms with Crippen LogP contribution in [0.2, 0.25) is 0 Å². The topological polar surface area (TPSA) is 26.0 Å². The van der Waals surface area contributed by atoms with Crippen LogP contribution in [0.15, 0.2) is 12.2 Å². The minimum Gasteiger partial charge on any atom is -0.322 e. The number of nitrogens with two attached hydrogens (primary N) is 1. The van der Waals surface area contributed by atoms with Crippen LogP contribution in [0.3, 0.4) is 0 Å². The summed E-state index contributed by atoms with van der Waals surface area (Å²) in [7, 11) is 0. The lowest BCUT2D eigenvalue weighted by Crippen LogP contribution is -2.28. The third-order valence-electron chi connectivity index (χ3n) is 0.596. The van der Waals surface area contributed by atoms with Gasteiger partial charge in [-0.05, 0) is 20.8 Å². The lowest BCUT2D eigenvalue weighted by molar-refractivity contribution is 0.653. The van der Waals surface area contributed by atoms with Crippen LogP contribution in [0.4, 0.5) is 0 Å². The Morgan fingerprint density at radius 1 is 1.43 bits per heavy atom. The van der Waals surface area contributed by atoms with Gasteiger partial charge in [0.1, 0.15) is 0 Å². The van der Waals surface area contributed by atoms with Crippen LogP contribution in [0.5, 0.6) is 0 Å². The predicted molar refractivity (Wildman–Crippen MR) is 33.1 cm³/mol. The lowest BCUT2D eigenvalue weighted by atomic mass is 10.1. The Hall–Kier alpha value is -0.300. The number of rotatable bonds is 1. The Morgan fingerprint density at radius 2 is 1.86 bits per heavy atom. The van der Waals surface area contributed by atoms with Gasteiger partial charge in [-0.1, -0.05) is 12.2 Å². The van der Waals surface area contributed by atoms with Crippen molar-refractivity contribution in [1.82, 2.24) is 0 Å². The Balaban J connectivity index is 3.56. The van der Waals surface area contributed by atoms with Gasteiger partial charge in [-0.15, -0.1) is 0 Å². The molecule has 0 aromatic rings. The normalized spacial score (nSPS) is 13.1. The van der Waals surface area contributed by atoms with Crippen molar-refractivity contribution in [2.24, 2.45) is 5.73 Å². The highest BCUT2D eigenvalue weighted by Gasteiger charge is 2.01. The zero-order chi connectivity index (χ0) is 5.91. The zero-order valence-electron chi connectivity index (χ0n) is 5.23. The van der Waals surface area contributed by atoms with Crippen LogP contribution < -0.4 is 5.73 Å². The molecule has 0 aromatic carbocycles. The first-order valence-corrected chi connectivity index (χ1v) is 2.49. The largest absolute Gasteiger partial charge is 0.322 e. The van der Waals surface area contributed by atoms with Crippen molar-refractivity contribution in [3.8, 4) is 0 Å². The second-order valence-electron chi connectivity index (χ2n) is 2.32. The third kappa shape index (κ3) is 5.70. The Morgan fingerprint density at radius 3 is 1.86 bits per heavy atom. The van der Waals surface area contributed by atoms with E-state index in [0.29, 0.717) is 0 Å². The fourth-order valence-corrected chi connectivity index (χ4v) is 0.430. The van der Waals surface area contributed by atoms with E-state index in [2.05, 4.69) is 0 Å². The van der Waals surface area contributed by atoms with Gasteiger partial charge in [-0.25, -0.2) is 0 Å². The summed E-state index contributed by atoms with van der Waals surface area (Å²) in [5.41, 5.74) is 5.43. The molecule has 1 heteroatoms. The summed E-state index contributed by atoms with van der Waals surface area (Å²) >= 11 is 0. The molecule has 0 aliphatic rings. The molecule has 2 N–H and O–H groups in total. The monoisotopic (exact) mass is 99.1 g/mol. The van der Waals surface area contributed by atoms with Gasteiger partial charge in [-0.3, -0.25) is 0 Å². The minimum atomic E-state index is -0.130. The summed E-state index contributed by atoms with van der Waals surface area (Å²) in [6, 6.07) is 0. The summed E-state index contributed by atoms with van der Waals surface area (Å²) in [6.45, 7) is 5.90. The van der Waals surface area contributed by atoms with Gasteiger partial charge in [0.2, 0.25) is 0 Å². The van der Waals surface area contributed by atoms with Crippen molar-refractivity contribution < 1.29 is 0 Å². The van der Waals surface area contributed by atoms with Crippen molar-refractivity contribution in [1.29, 1.82) is 0 Å². The average molecular weight is 99.2 g/mol. The molecule has 0 fully saturated rings. The molecule has 0 amide bonds. The first kappa shape index (κ1) is 6.70.